The van der Waals surface area contributed by atoms with Crippen molar-refractivity contribution in [2.45, 2.75) is 44.7 Å². The summed E-state index contributed by atoms with van der Waals surface area (Å²) in [6, 6.07) is 7.56. The number of nitrogens with zero attached hydrogens (tertiary/aromatic N) is 1. The van der Waals surface area contributed by atoms with E-state index < -0.39 is 0 Å². The Balaban J connectivity index is 1.53. The van der Waals surface area contributed by atoms with Crippen LogP contribution in [0.1, 0.15) is 37.7 Å². The van der Waals surface area contributed by atoms with Crippen LogP contribution in [-0.4, -0.2) is 35.2 Å². The number of carbonyl (C=O) groups excluding carboxylic acids is 3. The van der Waals surface area contributed by atoms with Crippen LogP contribution in [0.4, 0.5) is 5.69 Å². The van der Waals surface area contributed by atoms with E-state index in [2.05, 4.69) is 10.6 Å². The Hall–Kier alpha value is -2.21. The molecule has 0 aliphatic carbocycles. The van der Waals surface area contributed by atoms with E-state index in [0.717, 1.165) is 30.6 Å². The van der Waals surface area contributed by atoms with Crippen LogP contribution in [0.2, 0.25) is 0 Å². The van der Waals surface area contributed by atoms with E-state index in [1.807, 2.05) is 12.1 Å². The first-order chi connectivity index (χ1) is 11.1. The van der Waals surface area contributed by atoms with Crippen LogP contribution in [0.15, 0.2) is 24.3 Å². The van der Waals surface area contributed by atoms with Gasteiger partial charge < -0.3 is 10.6 Å². The van der Waals surface area contributed by atoms with Crippen LogP contribution in [0.25, 0.3) is 0 Å². The van der Waals surface area contributed by atoms with Crippen LogP contribution in [0, 0.1) is 0 Å². The summed E-state index contributed by atoms with van der Waals surface area (Å²) in [5, 5.41) is 6.18. The first kappa shape index (κ1) is 15.7. The normalized spacial score (nSPS) is 21.0. The molecular formula is C17H21N3O3. The average molecular weight is 315 g/mol. The molecule has 0 radical (unpaired) electrons. The number of hydrogen-bond acceptors (Lipinski definition) is 4. The lowest BCUT2D eigenvalue weighted by atomic mass is 10.1. The molecule has 2 aliphatic rings. The molecule has 122 valence electrons. The summed E-state index contributed by atoms with van der Waals surface area (Å²) in [6.07, 6.45) is 3.27. The van der Waals surface area contributed by atoms with Crippen molar-refractivity contribution < 1.29 is 14.4 Å². The zero-order valence-corrected chi connectivity index (χ0v) is 13.0. The molecule has 1 aromatic carbocycles. The Kier molecular flexibility index (Phi) is 4.71. The second-order valence-electron chi connectivity index (χ2n) is 6.12. The van der Waals surface area contributed by atoms with Gasteiger partial charge >= 0.3 is 0 Å². The lowest BCUT2D eigenvalue weighted by molar-refractivity contribution is -0.139. The van der Waals surface area contributed by atoms with Gasteiger partial charge in [0, 0.05) is 31.0 Å². The van der Waals surface area contributed by atoms with Crippen molar-refractivity contribution in [3.05, 3.63) is 29.8 Å². The van der Waals surface area contributed by atoms with Gasteiger partial charge in [-0.2, -0.15) is 0 Å². The van der Waals surface area contributed by atoms with E-state index in [4.69, 9.17) is 0 Å². The summed E-state index contributed by atoms with van der Waals surface area (Å²) in [5.74, 6) is -0.227. The van der Waals surface area contributed by atoms with Crippen molar-refractivity contribution >= 4 is 23.4 Å². The number of hydrogen-bond donors (Lipinski definition) is 2. The molecule has 0 bridgehead atoms. The maximum Gasteiger partial charge on any atom is 0.229 e. The molecule has 2 fully saturated rings. The lowest BCUT2D eigenvalue weighted by Crippen LogP contribution is -2.28. The van der Waals surface area contributed by atoms with Crippen molar-refractivity contribution in [3.8, 4) is 0 Å². The third-order valence-corrected chi connectivity index (χ3v) is 4.33. The highest BCUT2D eigenvalue weighted by atomic mass is 16.2. The number of carbonyl (C=O) groups is 3. The third kappa shape index (κ3) is 3.96. The molecule has 0 aromatic heterocycles. The SMILES string of the molecule is O=C(CC1CCCN1)Nc1ccc(CN2C(=O)CCC2=O)cc1. The fourth-order valence-corrected chi connectivity index (χ4v) is 3.04. The molecule has 1 unspecified atom stereocenters. The first-order valence-electron chi connectivity index (χ1n) is 8.07. The van der Waals surface area contributed by atoms with Gasteiger partial charge in [0.2, 0.25) is 17.7 Å². The maximum atomic E-state index is 12.0. The summed E-state index contributed by atoms with van der Waals surface area (Å²) >= 11 is 0. The summed E-state index contributed by atoms with van der Waals surface area (Å²) in [7, 11) is 0. The van der Waals surface area contributed by atoms with Gasteiger partial charge in [-0.3, -0.25) is 19.3 Å². The Morgan fingerprint density at radius 2 is 1.87 bits per heavy atom. The van der Waals surface area contributed by atoms with Crippen molar-refractivity contribution in [2.24, 2.45) is 0 Å². The van der Waals surface area contributed by atoms with Gasteiger partial charge in [0.15, 0.2) is 0 Å². The highest BCUT2D eigenvalue weighted by Crippen LogP contribution is 2.18. The van der Waals surface area contributed by atoms with Crippen LogP contribution in [-0.2, 0) is 20.9 Å². The zero-order valence-electron chi connectivity index (χ0n) is 13.0. The lowest BCUT2D eigenvalue weighted by Gasteiger charge is -2.14. The van der Waals surface area contributed by atoms with Gasteiger partial charge in [0.25, 0.3) is 0 Å². The van der Waals surface area contributed by atoms with E-state index in [1.54, 1.807) is 12.1 Å². The summed E-state index contributed by atoms with van der Waals surface area (Å²) in [6.45, 7) is 1.29. The molecular weight excluding hydrogens is 294 g/mol. The van der Waals surface area contributed by atoms with E-state index in [-0.39, 0.29) is 23.8 Å². The van der Waals surface area contributed by atoms with Crippen LogP contribution in [0.3, 0.4) is 0 Å². The number of nitrogens with one attached hydrogen (secondary N) is 2. The standard InChI is InChI=1S/C17H21N3O3/c21-15(10-14-2-1-9-18-14)19-13-5-3-12(4-6-13)11-20-16(22)7-8-17(20)23/h3-6,14,18H,1-2,7-11H2,(H,19,21). The summed E-state index contributed by atoms with van der Waals surface area (Å²) < 4.78 is 0. The average Bonchev–Trinajstić information content (AvgIpc) is 3.14. The van der Waals surface area contributed by atoms with Gasteiger partial charge in [-0.05, 0) is 37.1 Å². The number of anilines is 1. The number of rotatable bonds is 5. The summed E-state index contributed by atoms with van der Waals surface area (Å²) in [4.78, 5) is 36.5. The molecule has 0 saturated carbocycles. The smallest absolute Gasteiger partial charge is 0.229 e. The molecule has 6 nitrogen and oxygen atoms in total. The second kappa shape index (κ2) is 6.91. The quantitative estimate of drug-likeness (QED) is 0.806. The molecule has 6 heteroatoms. The molecule has 2 N–H and O–H groups in total. The van der Waals surface area contributed by atoms with Crippen molar-refractivity contribution in [3.63, 3.8) is 0 Å². The zero-order chi connectivity index (χ0) is 16.2. The third-order valence-electron chi connectivity index (χ3n) is 4.33. The molecule has 2 heterocycles. The van der Waals surface area contributed by atoms with Crippen LogP contribution < -0.4 is 10.6 Å². The predicted molar refractivity (Wildman–Crippen MR) is 85.5 cm³/mol. The predicted octanol–water partition coefficient (Wildman–Crippen LogP) is 1.42. The first-order valence-corrected chi connectivity index (χ1v) is 8.07. The summed E-state index contributed by atoms with van der Waals surface area (Å²) in [5.41, 5.74) is 1.61. The fourth-order valence-electron chi connectivity index (χ4n) is 3.04. The van der Waals surface area contributed by atoms with E-state index in [0.29, 0.717) is 25.8 Å². The van der Waals surface area contributed by atoms with Crippen LogP contribution in [0.5, 0.6) is 0 Å². The van der Waals surface area contributed by atoms with Crippen molar-refractivity contribution in [1.29, 1.82) is 0 Å². The van der Waals surface area contributed by atoms with Gasteiger partial charge in [-0.15, -0.1) is 0 Å². The molecule has 2 saturated heterocycles. The highest BCUT2D eigenvalue weighted by molar-refractivity contribution is 6.01. The highest BCUT2D eigenvalue weighted by Gasteiger charge is 2.28. The van der Waals surface area contributed by atoms with Crippen molar-refractivity contribution in [1.82, 2.24) is 10.2 Å². The molecule has 1 aromatic rings. The Bertz CT molecular complexity index is 590. The van der Waals surface area contributed by atoms with Gasteiger partial charge in [0.1, 0.15) is 0 Å². The minimum absolute atomic E-state index is 0.00190. The molecule has 0 spiro atoms. The Morgan fingerprint density at radius 3 is 2.48 bits per heavy atom. The van der Waals surface area contributed by atoms with E-state index >= 15 is 0 Å². The monoisotopic (exact) mass is 315 g/mol. The number of amides is 3. The van der Waals surface area contributed by atoms with E-state index in [9.17, 15) is 14.4 Å². The largest absolute Gasteiger partial charge is 0.326 e. The van der Waals surface area contributed by atoms with E-state index in [1.165, 1.54) is 4.90 Å². The molecule has 3 amide bonds. The topological polar surface area (TPSA) is 78.5 Å². The Labute approximate surface area is 135 Å². The van der Waals surface area contributed by atoms with Crippen molar-refractivity contribution in [2.75, 3.05) is 11.9 Å². The van der Waals surface area contributed by atoms with Gasteiger partial charge in [-0.25, -0.2) is 0 Å². The van der Waals surface area contributed by atoms with Gasteiger partial charge in [-0.1, -0.05) is 12.1 Å². The maximum absolute atomic E-state index is 12.0. The van der Waals surface area contributed by atoms with Crippen LogP contribution >= 0.6 is 0 Å². The Morgan fingerprint density at radius 1 is 1.17 bits per heavy atom. The van der Waals surface area contributed by atoms with Gasteiger partial charge in [0.05, 0.1) is 6.54 Å². The number of imide groups is 1. The molecule has 23 heavy (non-hydrogen) atoms. The minimum Gasteiger partial charge on any atom is -0.326 e. The molecule has 1 atom stereocenters. The molecule has 3 rings (SSSR count). The number of likely N-dealkylation sites (tertiary alicyclic amines) is 1. The fraction of sp³-hybridized carbons (Fsp3) is 0.471. The number of benzene rings is 1. The second-order valence-corrected chi connectivity index (χ2v) is 6.12. The minimum atomic E-state index is -0.114. The molecule has 2 aliphatic heterocycles.